The zero-order chi connectivity index (χ0) is 14.0. The molecule has 0 radical (unpaired) electrons. The number of hydrogen-bond acceptors (Lipinski definition) is 5. The molecule has 0 aliphatic heterocycles. The van der Waals surface area contributed by atoms with Gasteiger partial charge in [0.1, 0.15) is 0 Å². The molecule has 19 heavy (non-hydrogen) atoms. The number of nitrogens with zero attached hydrogens (tertiary/aromatic N) is 3. The number of aromatic amines is 1. The minimum absolute atomic E-state index is 0.00218. The number of rotatable bonds is 3. The van der Waals surface area contributed by atoms with Crippen LogP contribution in [-0.2, 0) is 6.54 Å². The van der Waals surface area contributed by atoms with E-state index in [1.165, 1.54) is 12.4 Å². The molecule has 9 heteroatoms. The summed E-state index contributed by atoms with van der Waals surface area (Å²) in [5.41, 5.74) is -1.93. The molecular formula is C10H7ClN4O4. The monoisotopic (exact) mass is 282 g/mol. The van der Waals surface area contributed by atoms with Crippen LogP contribution in [0.2, 0.25) is 5.02 Å². The molecule has 8 nitrogen and oxygen atoms in total. The molecule has 0 unspecified atom stereocenters. The maximum absolute atomic E-state index is 11.6. The molecule has 0 aliphatic carbocycles. The van der Waals surface area contributed by atoms with Gasteiger partial charge in [0.15, 0.2) is 0 Å². The Bertz CT molecular complexity index is 752. The van der Waals surface area contributed by atoms with Gasteiger partial charge in [-0.25, -0.2) is 4.79 Å². The lowest BCUT2D eigenvalue weighted by Gasteiger charge is -2.06. The lowest BCUT2D eigenvalue weighted by molar-refractivity contribution is -0.386. The Morgan fingerprint density at radius 2 is 2.21 bits per heavy atom. The van der Waals surface area contributed by atoms with Gasteiger partial charge in [0.2, 0.25) is 0 Å². The predicted molar refractivity (Wildman–Crippen MR) is 66.3 cm³/mol. The third-order valence-corrected chi connectivity index (χ3v) is 2.73. The number of nitro groups is 1. The fourth-order valence-electron chi connectivity index (χ4n) is 1.46. The number of H-pyrrole nitrogens is 1. The van der Waals surface area contributed by atoms with Crippen LogP contribution in [0.3, 0.4) is 0 Å². The van der Waals surface area contributed by atoms with E-state index in [2.05, 4.69) is 4.98 Å². The lowest BCUT2D eigenvalue weighted by Crippen LogP contribution is -2.31. The molecule has 2 rings (SSSR count). The van der Waals surface area contributed by atoms with Crippen molar-refractivity contribution >= 4 is 17.3 Å². The quantitative estimate of drug-likeness (QED) is 0.652. The van der Waals surface area contributed by atoms with Crippen molar-refractivity contribution in [2.24, 2.45) is 0 Å². The van der Waals surface area contributed by atoms with Crippen LogP contribution >= 0.6 is 11.6 Å². The van der Waals surface area contributed by atoms with Crippen molar-refractivity contribution in [3.63, 3.8) is 0 Å². The van der Waals surface area contributed by atoms with Crippen LogP contribution in [0.4, 0.5) is 5.69 Å². The standard InChI is InChI=1S/C10H7ClN4O4/c11-7-3-12-2-1-6(7)4-14-5-8(15(18)19)9(16)13-10(14)17/h1-3,5H,4H2,(H,13,16,17). The number of aromatic nitrogens is 3. The molecule has 0 bridgehead atoms. The number of halogens is 1. The van der Waals surface area contributed by atoms with E-state index >= 15 is 0 Å². The first-order chi connectivity index (χ1) is 8.99. The molecule has 0 saturated heterocycles. The van der Waals surface area contributed by atoms with E-state index < -0.39 is 21.9 Å². The van der Waals surface area contributed by atoms with Crippen LogP contribution in [0.5, 0.6) is 0 Å². The average Bonchev–Trinajstić information content (AvgIpc) is 2.34. The molecule has 2 aromatic heterocycles. The van der Waals surface area contributed by atoms with Gasteiger partial charge in [-0.3, -0.25) is 29.4 Å². The SMILES string of the molecule is O=c1[nH]c(=O)n(Cc2ccncc2Cl)cc1[N+](=O)[O-]. The van der Waals surface area contributed by atoms with Crippen LogP contribution in [0, 0.1) is 10.1 Å². The van der Waals surface area contributed by atoms with Gasteiger partial charge in [0.25, 0.3) is 0 Å². The summed E-state index contributed by atoms with van der Waals surface area (Å²) in [6, 6.07) is 1.58. The smallest absolute Gasteiger partial charge is 0.289 e. The highest BCUT2D eigenvalue weighted by Gasteiger charge is 2.15. The van der Waals surface area contributed by atoms with E-state index in [9.17, 15) is 19.7 Å². The molecule has 98 valence electrons. The molecule has 1 N–H and O–H groups in total. The Morgan fingerprint density at radius 3 is 2.84 bits per heavy atom. The highest BCUT2D eigenvalue weighted by molar-refractivity contribution is 6.31. The molecule has 0 spiro atoms. The topological polar surface area (TPSA) is 111 Å². The molecule has 0 aromatic carbocycles. The summed E-state index contributed by atoms with van der Waals surface area (Å²) in [6.07, 6.45) is 3.76. The molecule has 0 fully saturated rings. The number of hydrogen-bond donors (Lipinski definition) is 1. The van der Waals surface area contributed by atoms with Crippen LogP contribution in [0.1, 0.15) is 5.56 Å². The first kappa shape index (κ1) is 13.0. The Labute approximate surface area is 110 Å². The van der Waals surface area contributed by atoms with Gasteiger partial charge in [-0.2, -0.15) is 0 Å². The third-order valence-electron chi connectivity index (χ3n) is 2.39. The first-order valence-corrected chi connectivity index (χ1v) is 5.43. The maximum Gasteiger partial charge on any atom is 0.350 e. The van der Waals surface area contributed by atoms with Gasteiger partial charge in [-0.05, 0) is 11.6 Å². The lowest BCUT2D eigenvalue weighted by atomic mass is 10.2. The van der Waals surface area contributed by atoms with Gasteiger partial charge < -0.3 is 0 Å². The van der Waals surface area contributed by atoms with E-state index in [0.717, 1.165) is 10.8 Å². The second-order valence-electron chi connectivity index (χ2n) is 3.63. The summed E-state index contributed by atoms with van der Waals surface area (Å²) < 4.78 is 1.00. The summed E-state index contributed by atoms with van der Waals surface area (Å²) in [4.78, 5) is 38.2. The van der Waals surface area contributed by atoms with Crippen molar-refractivity contribution in [1.82, 2.24) is 14.5 Å². The zero-order valence-electron chi connectivity index (χ0n) is 9.37. The molecule has 0 atom stereocenters. The second-order valence-corrected chi connectivity index (χ2v) is 4.03. The molecule has 2 heterocycles. The highest BCUT2D eigenvalue weighted by Crippen LogP contribution is 2.14. The molecule has 0 aliphatic rings. The average molecular weight is 283 g/mol. The van der Waals surface area contributed by atoms with E-state index in [4.69, 9.17) is 11.6 Å². The van der Waals surface area contributed by atoms with E-state index in [-0.39, 0.29) is 6.54 Å². The fraction of sp³-hybridized carbons (Fsp3) is 0.100. The number of nitrogens with one attached hydrogen (secondary N) is 1. The van der Waals surface area contributed by atoms with Crippen molar-refractivity contribution < 1.29 is 4.92 Å². The van der Waals surface area contributed by atoms with Crippen molar-refractivity contribution in [3.05, 3.63) is 66.2 Å². The van der Waals surface area contributed by atoms with Crippen LogP contribution < -0.4 is 11.2 Å². The largest absolute Gasteiger partial charge is 0.350 e. The fourth-order valence-corrected chi connectivity index (χ4v) is 1.64. The summed E-state index contributed by atoms with van der Waals surface area (Å²) in [7, 11) is 0. The van der Waals surface area contributed by atoms with Gasteiger partial charge >= 0.3 is 16.9 Å². The maximum atomic E-state index is 11.6. The number of pyridine rings is 1. The summed E-state index contributed by atoms with van der Waals surface area (Å²) in [5.74, 6) is 0. The van der Waals surface area contributed by atoms with Gasteiger partial charge in [0, 0.05) is 12.4 Å². The second kappa shape index (κ2) is 5.02. The molecule has 0 amide bonds. The molecular weight excluding hydrogens is 276 g/mol. The van der Waals surface area contributed by atoms with Crippen LogP contribution in [0.15, 0.2) is 34.2 Å². The Morgan fingerprint density at radius 1 is 1.47 bits per heavy atom. The molecule has 0 saturated carbocycles. The normalized spacial score (nSPS) is 10.4. The minimum atomic E-state index is -1.04. The van der Waals surface area contributed by atoms with E-state index in [1.807, 2.05) is 4.98 Å². The summed E-state index contributed by atoms with van der Waals surface area (Å²) in [6.45, 7) is -0.00218. The highest BCUT2D eigenvalue weighted by atomic mass is 35.5. The van der Waals surface area contributed by atoms with E-state index in [1.54, 1.807) is 6.07 Å². The molecule has 2 aromatic rings. The Hall–Kier alpha value is -2.48. The Kier molecular flexibility index (Phi) is 3.43. The van der Waals surface area contributed by atoms with E-state index in [0.29, 0.717) is 10.6 Å². The van der Waals surface area contributed by atoms with Gasteiger partial charge in [0.05, 0.1) is 22.7 Å². The zero-order valence-corrected chi connectivity index (χ0v) is 10.1. The Balaban J connectivity index is 2.49. The first-order valence-electron chi connectivity index (χ1n) is 5.05. The third kappa shape index (κ3) is 2.68. The van der Waals surface area contributed by atoms with Gasteiger partial charge in [-0.15, -0.1) is 0 Å². The van der Waals surface area contributed by atoms with Gasteiger partial charge in [-0.1, -0.05) is 11.6 Å². The van der Waals surface area contributed by atoms with Crippen LogP contribution in [0.25, 0.3) is 0 Å². The van der Waals surface area contributed by atoms with Crippen molar-refractivity contribution in [3.8, 4) is 0 Å². The summed E-state index contributed by atoms with van der Waals surface area (Å²) >= 11 is 5.88. The summed E-state index contributed by atoms with van der Waals surface area (Å²) in [5, 5.41) is 11.0. The van der Waals surface area contributed by atoms with Crippen molar-refractivity contribution in [2.75, 3.05) is 0 Å². The van der Waals surface area contributed by atoms with Crippen LogP contribution in [-0.4, -0.2) is 19.5 Å². The van der Waals surface area contributed by atoms with Crippen molar-refractivity contribution in [2.45, 2.75) is 6.54 Å². The minimum Gasteiger partial charge on any atom is -0.289 e. The predicted octanol–water partition coefficient (Wildman–Crippen LogP) is 0.541. The van der Waals surface area contributed by atoms with Crippen molar-refractivity contribution in [1.29, 1.82) is 0 Å².